The summed E-state index contributed by atoms with van der Waals surface area (Å²) in [6.45, 7) is 0.206. The summed E-state index contributed by atoms with van der Waals surface area (Å²) >= 11 is 0. The number of carboxylic acids is 1. The Morgan fingerprint density at radius 2 is 1.69 bits per heavy atom. The zero-order valence-corrected chi connectivity index (χ0v) is 19.8. The number of aliphatic carboxylic acids is 1. The maximum atomic E-state index is 11.3. The molecule has 6 atom stereocenters. The fraction of sp³-hybridized carbons (Fsp3) is 0.458. The number of rotatable bonds is 7. The van der Waals surface area contributed by atoms with E-state index in [1.807, 2.05) is 0 Å². The number of phenols is 1. The van der Waals surface area contributed by atoms with Gasteiger partial charge in [0.2, 0.25) is 17.8 Å². The second kappa shape index (κ2) is 10.3. The van der Waals surface area contributed by atoms with Gasteiger partial charge in [0.25, 0.3) is 0 Å². The lowest BCUT2D eigenvalue weighted by Gasteiger charge is -2.38. The molecule has 6 unspecified atom stereocenters. The molecule has 0 saturated carbocycles. The van der Waals surface area contributed by atoms with E-state index in [0.29, 0.717) is 23.5 Å². The summed E-state index contributed by atoms with van der Waals surface area (Å²) in [5.74, 6) is -0.323. The number of benzene rings is 2. The number of aromatic hydroxyl groups is 1. The van der Waals surface area contributed by atoms with Crippen LogP contribution in [-0.2, 0) is 16.0 Å². The Bertz CT molecular complexity index is 1120. The van der Waals surface area contributed by atoms with Gasteiger partial charge in [-0.3, -0.25) is 0 Å². The van der Waals surface area contributed by atoms with Gasteiger partial charge >= 0.3 is 5.97 Å². The van der Waals surface area contributed by atoms with Crippen molar-refractivity contribution in [2.24, 2.45) is 0 Å². The third-order valence-electron chi connectivity index (χ3n) is 6.28. The molecule has 0 aliphatic carbocycles. The second-order valence-corrected chi connectivity index (χ2v) is 8.42. The van der Waals surface area contributed by atoms with E-state index < -0.39 is 36.7 Å². The number of carboxylic acid groups (broad SMARTS) is 1. The lowest BCUT2D eigenvalue weighted by molar-refractivity contribution is -0.271. The minimum atomic E-state index is -1.81. The van der Waals surface area contributed by atoms with Crippen LogP contribution < -0.4 is 23.7 Å². The number of ether oxygens (including phenoxy) is 6. The Kier molecular flexibility index (Phi) is 7.31. The molecule has 12 nitrogen and oxygen atoms in total. The van der Waals surface area contributed by atoms with E-state index in [1.54, 1.807) is 24.3 Å². The van der Waals surface area contributed by atoms with Crippen LogP contribution in [0.1, 0.15) is 17.0 Å². The highest BCUT2D eigenvalue weighted by molar-refractivity contribution is 5.73. The Hall–Kier alpha value is -3.45. The summed E-state index contributed by atoms with van der Waals surface area (Å²) in [5.41, 5.74) is 1.36. The largest absolute Gasteiger partial charge is 0.504 e. The molecular weight excluding hydrogens is 480 g/mol. The van der Waals surface area contributed by atoms with Crippen LogP contribution in [0.5, 0.6) is 34.5 Å². The molecule has 0 amide bonds. The van der Waals surface area contributed by atoms with Gasteiger partial charge < -0.3 is 54.0 Å². The maximum Gasteiger partial charge on any atom is 0.335 e. The quantitative estimate of drug-likeness (QED) is 0.349. The predicted octanol–water partition coefficient (Wildman–Crippen LogP) is 0.408. The van der Waals surface area contributed by atoms with Crippen molar-refractivity contribution in [3.63, 3.8) is 0 Å². The van der Waals surface area contributed by atoms with Crippen LogP contribution in [0.4, 0.5) is 0 Å². The Labute approximate surface area is 206 Å². The van der Waals surface area contributed by atoms with Gasteiger partial charge in [-0.05, 0) is 24.1 Å². The van der Waals surface area contributed by atoms with Gasteiger partial charge in [-0.25, -0.2) is 4.79 Å². The number of aliphatic hydroxyl groups excluding tert-OH is 3. The number of hydrogen-bond donors (Lipinski definition) is 5. The Morgan fingerprint density at radius 1 is 0.972 bits per heavy atom. The normalized spacial score (nSPS) is 27.4. The van der Waals surface area contributed by atoms with Crippen molar-refractivity contribution in [2.45, 2.75) is 43.0 Å². The molecule has 0 spiro atoms. The Morgan fingerprint density at radius 3 is 2.33 bits per heavy atom. The van der Waals surface area contributed by atoms with Crippen molar-refractivity contribution in [3.05, 3.63) is 35.4 Å². The molecule has 0 radical (unpaired) electrons. The monoisotopic (exact) mass is 508 g/mol. The predicted molar refractivity (Wildman–Crippen MR) is 121 cm³/mol. The van der Waals surface area contributed by atoms with Gasteiger partial charge in [0.05, 0.1) is 27.9 Å². The van der Waals surface area contributed by atoms with Crippen LogP contribution in [0.2, 0.25) is 0 Å². The van der Waals surface area contributed by atoms with E-state index in [1.165, 1.54) is 21.3 Å². The van der Waals surface area contributed by atoms with Crippen LogP contribution in [0.25, 0.3) is 0 Å². The molecule has 2 aromatic rings. The van der Waals surface area contributed by atoms with E-state index in [2.05, 4.69) is 0 Å². The third kappa shape index (κ3) is 4.55. The van der Waals surface area contributed by atoms with E-state index in [-0.39, 0.29) is 35.5 Å². The van der Waals surface area contributed by atoms with Gasteiger partial charge in [-0.15, -0.1) is 0 Å². The van der Waals surface area contributed by atoms with Crippen molar-refractivity contribution < 1.29 is 58.7 Å². The summed E-state index contributed by atoms with van der Waals surface area (Å²) in [7, 11) is 4.35. The molecular formula is C24H28O12. The third-order valence-corrected chi connectivity index (χ3v) is 6.28. The molecule has 1 fully saturated rings. The van der Waals surface area contributed by atoms with Gasteiger partial charge in [-0.2, -0.15) is 0 Å². The smallest absolute Gasteiger partial charge is 0.335 e. The summed E-state index contributed by atoms with van der Waals surface area (Å²) in [4.78, 5) is 11.3. The first-order valence-corrected chi connectivity index (χ1v) is 11.1. The molecule has 12 heteroatoms. The molecule has 2 aliphatic heterocycles. The number of aliphatic hydroxyl groups is 3. The number of carbonyl (C=O) groups is 1. The van der Waals surface area contributed by atoms with E-state index >= 15 is 0 Å². The highest BCUT2D eigenvalue weighted by Gasteiger charge is 2.48. The van der Waals surface area contributed by atoms with Crippen molar-refractivity contribution in [1.29, 1.82) is 0 Å². The van der Waals surface area contributed by atoms with Gasteiger partial charge in [0.1, 0.15) is 29.8 Å². The highest BCUT2D eigenvalue weighted by Crippen LogP contribution is 2.49. The van der Waals surface area contributed by atoms with Crippen molar-refractivity contribution in [1.82, 2.24) is 0 Å². The molecule has 0 bridgehead atoms. The van der Waals surface area contributed by atoms with Crippen LogP contribution in [-0.4, -0.2) is 90.1 Å². The lowest BCUT2D eigenvalue weighted by Crippen LogP contribution is -2.61. The van der Waals surface area contributed by atoms with Crippen LogP contribution in [0, 0.1) is 0 Å². The summed E-state index contributed by atoms with van der Waals surface area (Å²) in [6, 6.07) is 6.52. The minimum Gasteiger partial charge on any atom is -0.504 e. The van der Waals surface area contributed by atoms with Crippen LogP contribution in [0.15, 0.2) is 24.3 Å². The van der Waals surface area contributed by atoms with E-state index in [4.69, 9.17) is 28.4 Å². The van der Waals surface area contributed by atoms with Crippen molar-refractivity contribution in [3.8, 4) is 34.5 Å². The van der Waals surface area contributed by atoms with Gasteiger partial charge in [-0.1, -0.05) is 6.07 Å². The number of fused-ring (bicyclic) bond motifs is 1. The zero-order chi connectivity index (χ0) is 26.1. The average Bonchev–Trinajstić information content (AvgIpc) is 2.88. The van der Waals surface area contributed by atoms with Crippen molar-refractivity contribution in [2.75, 3.05) is 27.9 Å². The molecule has 0 aromatic heterocycles. The molecule has 1 saturated heterocycles. The molecule has 2 heterocycles. The molecule has 4 rings (SSSR count). The molecule has 2 aliphatic rings. The lowest BCUT2D eigenvalue weighted by atomic mass is 9.89. The number of methoxy groups -OCH3 is 3. The van der Waals surface area contributed by atoms with E-state index in [0.717, 1.165) is 5.56 Å². The molecule has 2 aromatic carbocycles. The summed E-state index contributed by atoms with van der Waals surface area (Å²) in [5, 5.41) is 50.0. The SMILES string of the molecule is COc1cc(C2COc3cc(OC4OC(C(=O)O)C(O)C(O)C4O)ccc3C2)c(O)c(OC)c1OC. The van der Waals surface area contributed by atoms with Crippen LogP contribution >= 0.6 is 0 Å². The molecule has 36 heavy (non-hydrogen) atoms. The number of hydrogen-bond acceptors (Lipinski definition) is 11. The average molecular weight is 508 g/mol. The topological polar surface area (TPSA) is 174 Å². The fourth-order valence-corrected chi connectivity index (χ4v) is 4.38. The first-order chi connectivity index (χ1) is 17.2. The first-order valence-electron chi connectivity index (χ1n) is 11.1. The van der Waals surface area contributed by atoms with E-state index in [9.17, 15) is 30.3 Å². The summed E-state index contributed by atoms with van der Waals surface area (Å²) < 4.78 is 32.7. The standard InChI is InChI=1S/C24H28O12/c1-31-15-8-13(16(25)21(33-3)20(15)32-2)11-6-10-4-5-12(7-14(10)34-9-11)35-24-19(28)17(26)18(27)22(36-24)23(29)30/h4-5,7-8,11,17-19,22,24-28H,6,9H2,1-3H3,(H,29,30). The highest BCUT2D eigenvalue weighted by atomic mass is 16.7. The maximum absolute atomic E-state index is 11.3. The summed E-state index contributed by atoms with van der Waals surface area (Å²) in [6.07, 6.45) is -8.07. The minimum absolute atomic E-state index is 0.0793. The molecule has 5 N–H and O–H groups in total. The fourth-order valence-electron chi connectivity index (χ4n) is 4.38. The van der Waals surface area contributed by atoms with Gasteiger partial charge in [0.15, 0.2) is 17.6 Å². The first kappa shape index (κ1) is 25.6. The van der Waals surface area contributed by atoms with Crippen molar-refractivity contribution >= 4 is 5.97 Å². The molecule has 196 valence electrons. The second-order valence-electron chi connectivity index (χ2n) is 8.42. The Balaban J connectivity index is 1.54. The van der Waals surface area contributed by atoms with Crippen LogP contribution in [0.3, 0.4) is 0 Å². The van der Waals surface area contributed by atoms with Gasteiger partial charge in [0, 0.05) is 17.5 Å². The number of phenolic OH excluding ortho intramolecular Hbond substituents is 1. The zero-order valence-electron chi connectivity index (χ0n) is 19.8.